The minimum Gasteiger partial charge on any atom is -0.478 e. The highest BCUT2D eigenvalue weighted by molar-refractivity contribution is 6.30. The van der Waals surface area contributed by atoms with Gasteiger partial charge in [-0.05, 0) is 28.8 Å². The van der Waals surface area contributed by atoms with Gasteiger partial charge >= 0.3 is 11.9 Å². The molecule has 0 atom stereocenters. The Morgan fingerprint density at radius 1 is 0.964 bits per heavy atom. The van der Waals surface area contributed by atoms with E-state index in [1.54, 1.807) is 0 Å². The minimum atomic E-state index is -1.26. The molecule has 0 spiro atoms. The molecule has 2 aromatic carbocycles. The van der Waals surface area contributed by atoms with Gasteiger partial charge in [-0.15, -0.1) is 0 Å². The van der Waals surface area contributed by atoms with Crippen LogP contribution in [0.25, 0.3) is 11.1 Å². The third-order valence-corrected chi connectivity index (χ3v) is 4.40. The average Bonchev–Trinajstić information content (AvgIpc) is 2.69. The van der Waals surface area contributed by atoms with Gasteiger partial charge in [0, 0.05) is 49.9 Å². The number of nitrogens with one attached hydrogen (secondary N) is 1. The Hall–Kier alpha value is -2.67. The zero-order chi connectivity index (χ0) is 20.4. The summed E-state index contributed by atoms with van der Waals surface area (Å²) in [4.78, 5) is 21.6. The number of hydrogen-bond donors (Lipinski definition) is 3. The van der Waals surface area contributed by atoms with Crippen molar-refractivity contribution in [2.75, 3.05) is 26.2 Å². The van der Waals surface area contributed by atoms with Crippen LogP contribution in [0.15, 0.2) is 60.7 Å². The number of aliphatic carboxylic acids is 2. The van der Waals surface area contributed by atoms with Gasteiger partial charge in [-0.3, -0.25) is 4.90 Å². The molecule has 1 aliphatic heterocycles. The van der Waals surface area contributed by atoms with E-state index in [-0.39, 0.29) is 0 Å². The molecule has 0 bridgehead atoms. The molecular weight excluding hydrogens is 380 g/mol. The number of carbonyl (C=O) groups is 2. The molecule has 0 saturated carbocycles. The Labute approximate surface area is 169 Å². The van der Waals surface area contributed by atoms with Crippen molar-refractivity contribution in [3.05, 3.63) is 71.3 Å². The van der Waals surface area contributed by atoms with Crippen molar-refractivity contribution in [1.82, 2.24) is 10.2 Å². The smallest absolute Gasteiger partial charge is 0.328 e. The molecule has 7 heteroatoms. The largest absolute Gasteiger partial charge is 0.478 e. The minimum absolute atomic E-state index is 0.558. The molecule has 3 N–H and O–H groups in total. The summed E-state index contributed by atoms with van der Waals surface area (Å²) in [5.74, 6) is -2.51. The lowest BCUT2D eigenvalue weighted by molar-refractivity contribution is -0.134. The summed E-state index contributed by atoms with van der Waals surface area (Å²) in [6, 6.07) is 16.8. The lowest BCUT2D eigenvalue weighted by Crippen LogP contribution is -2.42. The summed E-state index contributed by atoms with van der Waals surface area (Å²) in [6.07, 6.45) is 1.12. The number of hydrogen-bond acceptors (Lipinski definition) is 4. The highest BCUT2D eigenvalue weighted by Gasteiger charge is 2.12. The number of carboxylic acids is 2. The summed E-state index contributed by atoms with van der Waals surface area (Å²) < 4.78 is 0. The van der Waals surface area contributed by atoms with Gasteiger partial charge in [0.05, 0.1) is 0 Å². The lowest BCUT2D eigenvalue weighted by atomic mass is 9.99. The number of carboxylic acid groups (broad SMARTS) is 2. The van der Waals surface area contributed by atoms with E-state index in [0.717, 1.165) is 37.7 Å². The second kappa shape index (κ2) is 11.2. The van der Waals surface area contributed by atoms with Crippen molar-refractivity contribution in [3.63, 3.8) is 0 Å². The second-order valence-electron chi connectivity index (χ2n) is 6.20. The molecule has 0 unspecified atom stereocenters. The van der Waals surface area contributed by atoms with Crippen molar-refractivity contribution in [2.24, 2.45) is 0 Å². The van der Waals surface area contributed by atoms with Crippen LogP contribution < -0.4 is 5.32 Å². The van der Waals surface area contributed by atoms with Gasteiger partial charge in [0.25, 0.3) is 0 Å². The van der Waals surface area contributed by atoms with E-state index >= 15 is 0 Å². The molecule has 1 heterocycles. The molecule has 6 nitrogen and oxygen atoms in total. The van der Waals surface area contributed by atoms with Crippen molar-refractivity contribution >= 4 is 23.5 Å². The van der Waals surface area contributed by atoms with Crippen molar-refractivity contribution < 1.29 is 19.8 Å². The third-order valence-electron chi connectivity index (χ3n) is 4.14. The van der Waals surface area contributed by atoms with Crippen LogP contribution in [0.1, 0.15) is 5.56 Å². The van der Waals surface area contributed by atoms with E-state index < -0.39 is 11.9 Å². The van der Waals surface area contributed by atoms with Crippen LogP contribution in [0, 0.1) is 0 Å². The van der Waals surface area contributed by atoms with Crippen LogP contribution in [-0.4, -0.2) is 53.2 Å². The van der Waals surface area contributed by atoms with Crippen LogP contribution in [0.3, 0.4) is 0 Å². The van der Waals surface area contributed by atoms with Gasteiger partial charge in [-0.25, -0.2) is 9.59 Å². The monoisotopic (exact) mass is 402 g/mol. The zero-order valence-corrected chi connectivity index (χ0v) is 16.1. The predicted molar refractivity (Wildman–Crippen MR) is 109 cm³/mol. The predicted octanol–water partition coefficient (Wildman–Crippen LogP) is 3.12. The summed E-state index contributed by atoms with van der Waals surface area (Å²) >= 11 is 5.98. The fourth-order valence-corrected chi connectivity index (χ4v) is 2.95. The highest BCUT2D eigenvalue weighted by Crippen LogP contribution is 2.26. The lowest BCUT2D eigenvalue weighted by Gasteiger charge is -2.28. The van der Waals surface area contributed by atoms with Gasteiger partial charge < -0.3 is 15.5 Å². The first kappa shape index (κ1) is 21.6. The molecule has 3 rings (SSSR count). The van der Waals surface area contributed by atoms with Gasteiger partial charge in [-0.2, -0.15) is 0 Å². The molecule has 0 amide bonds. The fourth-order valence-electron chi connectivity index (χ4n) is 2.82. The maximum atomic E-state index is 9.55. The molecule has 1 saturated heterocycles. The van der Waals surface area contributed by atoms with Crippen LogP contribution in [0.4, 0.5) is 0 Å². The maximum absolute atomic E-state index is 9.55. The first-order valence-corrected chi connectivity index (χ1v) is 9.24. The molecule has 148 valence electrons. The summed E-state index contributed by atoms with van der Waals surface area (Å²) in [5.41, 5.74) is 3.93. The molecule has 2 aromatic rings. The van der Waals surface area contributed by atoms with Gasteiger partial charge in [0.2, 0.25) is 0 Å². The maximum Gasteiger partial charge on any atom is 0.328 e. The number of halogens is 1. The van der Waals surface area contributed by atoms with Crippen LogP contribution in [0.2, 0.25) is 5.02 Å². The third kappa shape index (κ3) is 7.52. The van der Waals surface area contributed by atoms with E-state index in [2.05, 4.69) is 46.6 Å². The Morgan fingerprint density at radius 3 is 2.11 bits per heavy atom. The second-order valence-corrected chi connectivity index (χ2v) is 6.64. The zero-order valence-electron chi connectivity index (χ0n) is 15.3. The molecule has 1 fully saturated rings. The van der Waals surface area contributed by atoms with Gasteiger partial charge in [-0.1, -0.05) is 48.0 Å². The first-order chi connectivity index (χ1) is 13.5. The van der Waals surface area contributed by atoms with Gasteiger partial charge in [0.1, 0.15) is 0 Å². The highest BCUT2D eigenvalue weighted by atomic mass is 35.5. The van der Waals surface area contributed by atoms with Crippen molar-refractivity contribution in [2.45, 2.75) is 6.54 Å². The summed E-state index contributed by atoms with van der Waals surface area (Å²) in [5, 5.41) is 19.8. The summed E-state index contributed by atoms with van der Waals surface area (Å²) in [6.45, 7) is 5.43. The van der Waals surface area contributed by atoms with Crippen molar-refractivity contribution in [3.8, 4) is 11.1 Å². The van der Waals surface area contributed by atoms with Gasteiger partial charge in [0.15, 0.2) is 0 Å². The fraction of sp³-hybridized carbons (Fsp3) is 0.238. The van der Waals surface area contributed by atoms with E-state index in [0.29, 0.717) is 12.2 Å². The molecule has 28 heavy (non-hydrogen) atoms. The topological polar surface area (TPSA) is 89.9 Å². The summed E-state index contributed by atoms with van der Waals surface area (Å²) in [7, 11) is 0. The van der Waals surface area contributed by atoms with E-state index in [1.165, 1.54) is 16.7 Å². The van der Waals surface area contributed by atoms with E-state index in [1.807, 2.05) is 12.1 Å². The number of benzene rings is 2. The Bertz CT molecular complexity index is 799. The SMILES string of the molecule is Clc1ccc(-c2ccccc2CN2CCNCC2)cc1.O=C(O)/C=C/C(=O)O. The Balaban J connectivity index is 0.000000300. The van der Waals surface area contributed by atoms with Crippen molar-refractivity contribution in [1.29, 1.82) is 0 Å². The number of rotatable bonds is 5. The molecule has 1 aliphatic rings. The number of piperazine rings is 1. The van der Waals surface area contributed by atoms with E-state index in [4.69, 9.17) is 21.8 Å². The Morgan fingerprint density at radius 2 is 1.54 bits per heavy atom. The molecular formula is C21H23ClN2O4. The quantitative estimate of drug-likeness (QED) is 0.666. The van der Waals surface area contributed by atoms with Crippen LogP contribution in [0.5, 0.6) is 0 Å². The number of nitrogens with zero attached hydrogens (tertiary/aromatic N) is 1. The molecule has 0 radical (unpaired) electrons. The normalized spacial score (nSPS) is 14.3. The Kier molecular flexibility index (Phi) is 8.68. The standard InChI is InChI=1S/C17H19ClN2.C4H4O4/c18-16-7-5-14(6-8-16)17-4-2-1-3-15(17)13-20-11-9-19-10-12-20;5-3(6)1-2-4(7)8/h1-8,19H,9-13H2;1-2H,(H,5,6)(H,7,8)/b;2-1+. The molecule has 0 aliphatic carbocycles. The van der Waals surface area contributed by atoms with Crippen LogP contribution >= 0.6 is 11.6 Å². The molecule has 0 aromatic heterocycles. The first-order valence-electron chi connectivity index (χ1n) is 8.86. The van der Waals surface area contributed by atoms with Crippen LogP contribution in [-0.2, 0) is 16.1 Å². The van der Waals surface area contributed by atoms with E-state index in [9.17, 15) is 9.59 Å². The average molecular weight is 403 g/mol.